The van der Waals surface area contributed by atoms with Crippen LogP contribution < -0.4 is 4.74 Å². The van der Waals surface area contributed by atoms with Crippen LogP contribution in [0.3, 0.4) is 0 Å². The minimum atomic E-state index is -1.19. The van der Waals surface area contributed by atoms with E-state index in [0.29, 0.717) is 5.75 Å². The van der Waals surface area contributed by atoms with Crippen molar-refractivity contribution >= 4 is 38.5 Å². The third-order valence-corrected chi connectivity index (χ3v) is 4.56. The molecule has 4 aromatic rings. The number of carboxylic acid groups (broad SMARTS) is 1. The lowest BCUT2D eigenvalue weighted by Crippen LogP contribution is -2.01. The maximum absolute atomic E-state index is 11.1. The number of hydrogen-bond donors (Lipinski definition) is 2. The summed E-state index contributed by atoms with van der Waals surface area (Å²) in [6, 6.07) is 15.6. The van der Waals surface area contributed by atoms with E-state index in [-0.39, 0.29) is 5.97 Å². The molecule has 27 heavy (non-hydrogen) atoms. The number of ether oxygens (including phenoxy) is 1. The van der Waals surface area contributed by atoms with Crippen LogP contribution in [0.4, 0.5) is 0 Å². The van der Waals surface area contributed by atoms with Crippen LogP contribution in [0, 0.1) is 0 Å². The summed E-state index contributed by atoms with van der Waals surface area (Å²) in [7, 11) is 0. The summed E-state index contributed by atoms with van der Waals surface area (Å²) >= 11 is 1.66. The Hall–Kier alpha value is -3.23. The molecule has 0 aliphatic carbocycles. The summed E-state index contributed by atoms with van der Waals surface area (Å²) in [5.74, 6) is -0.981. The van der Waals surface area contributed by atoms with Crippen molar-refractivity contribution in [3.05, 3.63) is 54.7 Å². The van der Waals surface area contributed by atoms with Crippen molar-refractivity contribution in [2.45, 2.75) is 6.92 Å². The number of benzene rings is 2. The van der Waals surface area contributed by atoms with Gasteiger partial charge >= 0.3 is 11.9 Å². The number of thiazole rings is 1. The van der Waals surface area contributed by atoms with E-state index < -0.39 is 12.6 Å². The highest BCUT2D eigenvalue weighted by molar-refractivity contribution is 7.23. The summed E-state index contributed by atoms with van der Waals surface area (Å²) in [5.41, 5.74) is 2.95. The van der Waals surface area contributed by atoms with Crippen LogP contribution in [0.25, 0.3) is 26.4 Å². The number of para-hydroxylation sites is 1. The van der Waals surface area contributed by atoms with Crippen LogP contribution in [0.1, 0.15) is 6.92 Å². The van der Waals surface area contributed by atoms with Gasteiger partial charge in [0, 0.05) is 18.7 Å². The number of carbonyl (C=O) groups excluding carboxylic acids is 1. The maximum Gasteiger partial charge on any atom is 0.329 e. The number of nitrogens with zero attached hydrogens (tertiary/aromatic N) is 2. The monoisotopic (exact) mass is 384 g/mol. The number of aromatic nitrogens is 2. The summed E-state index contributed by atoms with van der Waals surface area (Å²) in [5, 5.41) is 15.0. The molecule has 2 heterocycles. The molecule has 0 aliphatic heterocycles. The Morgan fingerprint density at radius 2 is 1.93 bits per heavy atom. The number of hydrogen-bond acceptors (Lipinski definition) is 6. The Morgan fingerprint density at radius 3 is 2.63 bits per heavy atom. The van der Waals surface area contributed by atoms with E-state index in [2.05, 4.69) is 21.5 Å². The predicted octanol–water partition coefficient (Wildman–Crippen LogP) is 3.20. The maximum atomic E-state index is 11.1. The molecule has 0 aliphatic rings. The van der Waals surface area contributed by atoms with Crippen molar-refractivity contribution in [3.8, 4) is 17.0 Å². The highest BCUT2D eigenvalue weighted by atomic mass is 32.1. The van der Waals surface area contributed by atoms with E-state index in [0.717, 1.165) is 21.7 Å². The molecule has 0 atom stereocenters. The largest absolute Gasteiger partial charge is 0.480 e. The van der Waals surface area contributed by atoms with Gasteiger partial charge in [-0.15, -0.1) is 0 Å². The zero-order chi connectivity index (χ0) is 19.4. The van der Waals surface area contributed by atoms with Gasteiger partial charge in [0.15, 0.2) is 4.96 Å². The second kappa shape index (κ2) is 7.98. The molecule has 0 radical (unpaired) electrons. The van der Waals surface area contributed by atoms with E-state index >= 15 is 0 Å². The van der Waals surface area contributed by atoms with Gasteiger partial charge in [0.2, 0.25) is 0 Å². The van der Waals surface area contributed by atoms with Gasteiger partial charge in [-0.1, -0.05) is 35.6 Å². The lowest BCUT2D eigenvalue weighted by molar-refractivity contribution is -0.140. The van der Waals surface area contributed by atoms with E-state index in [4.69, 9.17) is 19.7 Å². The molecule has 0 spiro atoms. The van der Waals surface area contributed by atoms with Crippen molar-refractivity contribution in [1.29, 1.82) is 0 Å². The third-order valence-electron chi connectivity index (χ3n) is 3.53. The minimum Gasteiger partial charge on any atom is -0.480 e. The number of aliphatic hydroxyl groups excluding tert-OH is 1. The Bertz CT molecular complexity index is 1120. The van der Waals surface area contributed by atoms with Gasteiger partial charge in [-0.2, -0.15) is 0 Å². The molecule has 4 rings (SSSR count). The number of imidazole rings is 1. The molecule has 8 heteroatoms. The van der Waals surface area contributed by atoms with Crippen molar-refractivity contribution < 1.29 is 24.5 Å². The first-order valence-corrected chi connectivity index (χ1v) is 8.77. The van der Waals surface area contributed by atoms with Crippen LogP contribution in [-0.2, 0) is 9.59 Å². The van der Waals surface area contributed by atoms with E-state index in [1.165, 1.54) is 11.6 Å². The number of fused-ring (bicyclic) bond motifs is 3. The summed E-state index contributed by atoms with van der Waals surface area (Å²) in [4.78, 5) is 25.8. The molecule has 0 unspecified atom stereocenters. The van der Waals surface area contributed by atoms with Crippen molar-refractivity contribution in [2.75, 3.05) is 6.61 Å². The zero-order valence-electron chi connectivity index (χ0n) is 14.3. The standard InChI is InChI=1S/C17H12N2O2S.C2H4O3/c1-11(20)21-13-6-4-5-12(9-13)14-10-19-15-7-2-3-8-16(15)22-17(19)18-14;3-1-2(4)5/h2-10H,1H3;3H,1H2,(H,4,5). The van der Waals surface area contributed by atoms with Crippen LogP contribution in [0.2, 0.25) is 0 Å². The average Bonchev–Trinajstić information content (AvgIpc) is 3.20. The fourth-order valence-corrected chi connectivity index (χ4v) is 3.48. The van der Waals surface area contributed by atoms with Crippen LogP contribution in [0.5, 0.6) is 5.75 Å². The lowest BCUT2D eigenvalue weighted by Gasteiger charge is -2.02. The first-order valence-electron chi connectivity index (χ1n) is 7.96. The molecule has 0 saturated carbocycles. The van der Waals surface area contributed by atoms with Gasteiger partial charge in [0.1, 0.15) is 12.4 Å². The van der Waals surface area contributed by atoms with Gasteiger partial charge in [-0.05, 0) is 24.3 Å². The van der Waals surface area contributed by atoms with Crippen molar-refractivity contribution in [2.24, 2.45) is 0 Å². The van der Waals surface area contributed by atoms with E-state index in [9.17, 15) is 4.79 Å². The molecule has 0 saturated heterocycles. The predicted molar refractivity (Wildman–Crippen MR) is 102 cm³/mol. The number of esters is 1. The Balaban J connectivity index is 0.000000376. The van der Waals surface area contributed by atoms with Gasteiger partial charge < -0.3 is 14.9 Å². The van der Waals surface area contributed by atoms with Crippen molar-refractivity contribution in [3.63, 3.8) is 0 Å². The molecule has 138 valence electrons. The average molecular weight is 384 g/mol. The number of rotatable bonds is 3. The summed E-state index contributed by atoms with van der Waals surface area (Å²) < 4.78 is 8.44. The zero-order valence-corrected chi connectivity index (χ0v) is 15.1. The topological polar surface area (TPSA) is 101 Å². The van der Waals surface area contributed by atoms with E-state index in [1.54, 1.807) is 17.4 Å². The molecule has 2 aromatic carbocycles. The number of carbonyl (C=O) groups is 2. The Kier molecular flexibility index (Phi) is 5.49. The molecule has 0 fully saturated rings. The Morgan fingerprint density at radius 1 is 1.19 bits per heavy atom. The van der Waals surface area contributed by atoms with Crippen LogP contribution in [-0.4, -0.2) is 38.1 Å². The van der Waals surface area contributed by atoms with Crippen LogP contribution in [0.15, 0.2) is 54.7 Å². The fraction of sp³-hybridized carbons (Fsp3) is 0.105. The Labute approximate surface area is 158 Å². The molecule has 0 amide bonds. The van der Waals surface area contributed by atoms with E-state index in [1.807, 2.05) is 36.5 Å². The number of carboxylic acids is 1. The molecule has 0 bridgehead atoms. The van der Waals surface area contributed by atoms with Crippen LogP contribution >= 0.6 is 11.3 Å². The third kappa shape index (κ3) is 4.30. The summed E-state index contributed by atoms with van der Waals surface area (Å²) in [6.45, 7) is 0.616. The minimum absolute atomic E-state index is 0.325. The first kappa shape index (κ1) is 18.6. The first-order chi connectivity index (χ1) is 13.0. The molecular formula is C19H16N2O5S. The quantitative estimate of drug-likeness (QED) is 0.415. The summed E-state index contributed by atoms with van der Waals surface area (Å²) in [6.07, 6.45) is 2.01. The highest BCUT2D eigenvalue weighted by Gasteiger charge is 2.10. The molecule has 7 nitrogen and oxygen atoms in total. The molecule has 2 N–H and O–H groups in total. The van der Waals surface area contributed by atoms with Crippen molar-refractivity contribution in [1.82, 2.24) is 9.38 Å². The second-order valence-electron chi connectivity index (χ2n) is 5.52. The molecular weight excluding hydrogens is 368 g/mol. The number of aliphatic carboxylic acids is 1. The van der Waals surface area contributed by atoms with Gasteiger partial charge in [0.05, 0.1) is 15.9 Å². The fourth-order valence-electron chi connectivity index (χ4n) is 2.47. The van der Waals surface area contributed by atoms with Gasteiger partial charge in [-0.3, -0.25) is 9.20 Å². The molecule has 2 aromatic heterocycles. The SMILES string of the molecule is CC(=O)Oc1cccc(-c2cn3c(n2)sc2ccccc23)c1.O=C(O)CO. The second-order valence-corrected chi connectivity index (χ2v) is 6.53. The van der Waals surface area contributed by atoms with Gasteiger partial charge in [0.25, 0.3) is 0 Å². The lowest BCUT2D eigenvalue weighted by atomic mass is 10.1. The number of aliphatic hydroxyl groups is 1. The highest BCUT2D eigenvalue weighted by Crippen LogP contribution is 2.30. The smallest absolute Gasteiger partial charge is 0.329 e. The van der Waals surface area contributed by atoms with Gasteiger partial charge in [-0.25, -0.2) is 9.78 Å². The normalized spacial score (nSPS) is 10.4.